The van der Waals surface area contributed by atoms with Crippen LogP contribution in [0, 0.1) is 0 Å². The number of anilines is 1. The predicted octanol–water partition coefficient (Wildman–Crippen LogP) is 3.56. The van der Waals surface area contributed by atoms with Gasteiger partial charge in [-0.05, 0) is 19.9 Å². The lowest BCUT2D eigenvalue weighted by molar-refractivity contribution is -0.00539. The first-order valence-electron chi connectivity index (χ1n) is 9.07. The molecule has 2 aromatic rings. The molecule has 6 nitrogen and oxygen atoms in total. The topological polar surface area (TPSA) is 56.7 Å². The van der Waals surface area contributed by atoms with Gasteiger partial charge in [0.1, 0.15) is 11.6 Å². The maximum absolute atomic E-state index is 5.90. The zero-order chi connectivity index (χ0) is 19.1. The van der Waals surface area contributed by atoms with E-state index in [-0.39, 0.29) is 17.6 Å². The third kappa shape index (κ3) is 3.56. The van der Waals surface area contributed by atoms with Crippen LogP contribution in [0.15, 0.2) is 12.1 Å². The normalized spacial score (nSPS) is 21.1. The van der Waals surface area contributed by atoms with E-state index in [0.29, 0.717) is 11.5 Å². The van der Waals surface area contributed by atoms with Crippen LogP contribution in [0.3, 0.4) is 0 Å². The molecule has 6 heteroatoms. The predicted molar refractivity (Wildman–Crippen MR) is 104 cm³/mol. The van der Waals surface area contributed by atoms with Crippen LogP contribution >= 0.6 is 0 Å². The fraction of sp³-hybridized carbons (Fsp3) is 0.600. The number of benzene rings is 1. The Morgan fingerprint density at radius 3 is 2.12 bits per heavy atom. The first-order chi connectivity index (χ1) is 12.2. The van der Waals surface area contributed by atoms with Crippen LogP contribution in [0.2, 0.25) is 0 Å². The molecule has 2 unspecified atom stereocenters. The third-order valence-corrected chi connectivity index (χ3v) is 4.57. The van der Waals surface area contributed by atoms with E-state index in [1.54, 1.807) is 14.2 Å². The van der Waals surface area contributed by atoms with Gasteiger partial charge in [0.25, 0.3) is 0 Å². The lowest BCUT2D eigenvalue weighted by Crippen LogP contribution is -2.46. The average molecular weight is 359 g/mol. The largest absolute Gasteiger partial charge is 0.493 e. The summed E-state index contributed by atoms with van der Waals surface area (Å²) in [6, 6.07) is 3.91. The summed E-state index contributed by atoms with van der Waals surface area (Å²) in [7, 11) is 3.29. The molecule has 0 saturated carbocycles. The molecule has 1 saturated heterocycles. The van der Waals surface area contributed by atoms with Crippen molar-refractivity contribution in [2.75, 3.05) is 32.2 Å². The van der Waals surface area contributed by atoms with Gasteiger partial charge >= 0.3 is 0 Å². The number of rotatable bonds is 3. The van der Waals surface area contributed by atoms with E-state index in [4.69, 9.17) is 24.2 Å². The van der Waals surface area contributed by atoms with Crippen LogP contribution in [0.1, 0.15) is 40.4 Å². The van der Waals surface area contributed by atoms with Crippen molar-refractivity contribution >= 4 is 16.7 Å². The number of hydrogen-bond acceptors (Lipinski definition) is 6. The van der Waals surface area contributed by atoms with Gasteiger partial charge in [0.15, 0.2) is 11.5 Å². The molecule has 1 aromatic carbocycles. The smallest absolute Gasteiger partial charge is 0.162 e. The molecular weight excluding hydrogens is 330 g/mol. The molecule has 2 heterocycles. The lowest BCUT2D eigenvalue weighted by atomic mass is 9.95. The van der Waals surface area contributed by atoms with Gasteiger partial charge in [-0.15, -0.1) is 0 Å². The summed E-state index contributed by atoms with van der Waals surface area (Å²) in [4.78, 5) is 12.1. The van der Waals surface area contributed by atoms with E-state index in [1.807, 2.05) is 12.1 Å². The zero-order valence-corrected chi connectivity index (χ0v) is 16.8. The van der Waals surface area contributed by atoms with Crippen LogP contribution in [0.25, 0.3) is 10.9 Å². The molecule has 0 spiro atoms. The minimum absolute atomic E-state index is 0.153. The minimum atomic E-state index is -0.153. The standard InChI is InChI=1S/C20H29N3O3/c1-12-10-23(11-13(2)26-12)18-14-8-16(24-6)17(25-7)9-15(14)21-19(22-18)20(3,4)5/h8-9,12-13H,10-11H2,1-7H3. The van der Waals surface area contributed by atoms with E-state index in [1.165, 1.54) is 0 Å². The van der Waals surface area contributed by atoms with Gasteiger partial charge in [-0.2, -0.15) is 0 Å². The lowest BCUT2D eigenvalue weighted by Gasteiger charge is -2.37. The van der Waals surface area contributed by atoms with Crippen LogP contribution in [0.5, 0.6) is 11.5 Å². The summed E-state index contributed by atoms with van der Waals surface area (Å²) in [6.07, 6.45) is 0.309. The number of methoxy groups -OCH3 is 2. The van der Waals surface area contributed by atoms with E-state index in [9.17, 15) is 0 Å². The quantitative estimate of drug-likeness (QED) is 0.835. The third-order valence-electron chi connectivity index (χ3n) is 4.57. The monoisotopic (exact) mass is 359 g/mol. The Morgan fingerprint density at radius 1 is 1.00 bits per heavy atom. The van der Waals surface area contributed by atoms with Crippen LogP contribution in [-0.2, 0) is 10.2 Å². The maximum atomic E-state index is 5.90. The molecule has 2 atom stereocenters. The summed E-state index contributed by atoms with van der Waals surface area (Å²) < 4.78 is 16.9. The van der Waals surface area contributed by atoms with E-state index in [2.05, 4.69) is 39.5 Å². The van der Waals surface area contributed by atoms with Gasteiger partial charge in [0.2, 0.25) is 0 Å². The van der Waals surface area contributed by atoms with Gasteiger partial charge in [0.05, 0.1) is 31.9 Å². The summed E-state index contributed by atoms with van der Waals surface area (Å²) in [5.41, 5.74) is 0.712. The fourth-order valence-corrected chi connectivity index (χ4v) is 3.37. The Balaban J connectivity index is 2.23. The molecule has 0 bridgehead atoms. The van der Waals surface area contributed by atoms with Crippen LogP contribution in [0.4, 0.5) is 5.82 Å². The second-order valence-electron chi connectivity index (χ2n) is 8.01. The van der Waals surface area contributed by atoms with Crippen molar-refractivity contribution in [1.29, 1.82) is 0 Å². The van der Waals surface area contributed by atoms with Crippen molar-refractivity contribution in [2.45, 2.75) is 52.2 Å². The van der Waals surface area contributed by atoms with Crippen molar-refractivity contribution in [1.82, 2.24) is 9.97 Å². The highest BCUT2D eigenvalue weighted by molar-refractivity contribution is 5.92. The SMILES string of the molecule is COc1cc2nc(C(C)(C)C)nc(N3CC(C)OC(C)C3)c2cc1OC. The molecule has 0 radical (unpaired) electrons. The maximum Gasteiger partial charge on any atom is 0.162 e. The molecule has 26 heavy (non-hydrogen) atoms. The number of nitrogens with zero attached hydrogens (tertiary/aromatic N) is 3. The summed E-state index contributed by atoms with van der Waals surface area (Å²) in [5, 5.41) is 0.969. The second-order valence-corrected chi connectivity index (χ2v) is 8.01. The zero-order valence-electron chi connectivity index (χ0n) is 16.8. The van der Waals surface area contributed by atoms with Gasteiger partial charge in [-0.1, -0.05) is 20.8 Å². The van der Waals surface area contributed by atoms with E-state index in [0.717, 1.165) is 35.6 Å². The Labute approximate surface area is 155 Å². The number of hydrogen-bond donors (Lipinski definition) is 0. The highest BCUT2D eigenvalue weighted by Gasteiger charge is 2.28. The van der Waals surface area contributed by atoms with Gasteiger partial charge in [-0.25, -0.2) is 9.97 Å². The van der Waals surface area contributed by atoms with Crippen molar-refractivity contribution in [2.24, 2.45) is 0 Å². The molecule has 0 amide bonds. The Bertz CT molecular complexity index is 791. The Hall–Kier alpha value is -2.08. The fourth-order valence-electron chi connectivity index (χ4n) is 3.37. The van der Waals surface area contributed by atoms with Crippen molar-refractivity contribution in [3.05, 3.63) is 18.0 Å². The minimum Gasteiger partial charge on any atom is -0.493 e. The molecule has 1 aliphatic rings. The molecule has 0 aliphatic carbocycles. The highest BCUT2D eigenvalue weighted by atomic mass is 16.5. The number of ether oxygens (including phenoxy) is 3. The molecule has 1 aromatic heterocycles. The number of morpholine rings is 1. The number of fused-ring (bicyclic) bond motifs is 1. The number of aromatic nitrogens is 2. The van der Waals surface area contributed by atoms with Crippen molar-refractivity contribution in [3.8, 4) is 11.5 Å². The second kappa shape index (κ2) is 6.91. The molecule has 1 aliphatic heterocycles. The first kappa shape index (κ1) is 18.7. The highest BCUT2D eigenvalue weighted by Crippen LogP contribution is 2.37. The summed E-state index contributed by atoms with van der Waals surface area (Å²) >= 11 is 0. The molecule has 142 valence electrons. The van der Waals surface area contributed by atoms with Crippen molar-refractivity contribution < 1.29 is 14.2 Å². The average Bonchev–Trinajstić information content (AvgIpc) is 2.57. The van der Waals surface area contributed by atoms with E-state index < -0.39 is 0 Å². The molecule has 3 rings (SSSR count). The van der Waals surface area contributed by atoms with Crippen molar-refractivity contribution in [3.63, 3.8) is 0 Å². The summed E-state index contributed by atoms with van der Waals surface area (Å²) in [6.45, 7) is 12.2. The Kier molecular flexibility index (Phi) is 4.97. The first-order valence-corrected chi connectivity index (χ1v) is 9.07. The van der Waals surface area contributed by atoms with Gasteiger partial charge in [0, 0.05) is 30.0 Å². The Morgan fingerprint density at radius 2 is 1.58 bits per heavy atom. The summed E-state index contributed by atoms with van der Waals surface area (Å²) in [5.74, 6) is 3.11. The van der Waals surface area contributed by atoms with E-state index >= 15 is 0 Å². The van der Waals surface area contributed by atoms with Gasteiger partial charge < -0.3 is 19.1 Å². The van der Waals surface area contributed by atoms with Crippen LogP contribution < -0.4 is 14.4 Å². The van der Waals surface area contributed by atoms with Crippen LogP contribution in [-0.4, -0.2) is 49.5 Å². The van der Waals surface area contributed by atoms with Gasteiger partial charge in [-0.3, -0.25) is 0 Å². The molecule has 1 fully saturated rings. The molecule has 0 N–H and O–H groups in total. The molecular formula is C20H29N3O3.